The van der Waals surface area contributed by atoms with Crippen molar-refractivity contribution in [2.45, 2.75) is 11.8 Å². The Labute approximate surface area is 129 Å². The molecule has 1 N–H and O–H groups in total. The van der Waals surface area contributed by atoms with E-state index >= 15 is 0 Å². The van der Waals surface area contributed by atoms with Crippen LogP contribution in [0.25, 0.3) is 0 Å². The third-order valence-electron chi connectivity index (χ3n) is 2.12. The molecule has 2 rings (SSSR count). The van der Waals surface area contributed by atoms with Crippen molar-refractivity contribution in [2.75, 3.05) is 11.1 Å². The molecule has 0 saturated heterocycles. The van der Waals surface area contributed by atoms with E-state index in [0.29, 0.717) is 15.2 Å². The molecule has 0 bridgehead atoms. The summed E-state index contributed by atoms with van der Waals surface area (Å²) in [7, 11) is 0. The minimum atomic E-state index is -0.115. The van der Waals surface area contributed by atoms with Gasteiger partial charge in [0.05, 0.1) is 10.8 Å². The van der Waals surface area contributed by atoms with Crippen LogP contribution in [0.5, 0.6) is 0 Å². The Hall–Kier alpha value is -0.750. The molecular weight excluding hydrogens is 323 g/mol. The third kappa shape index (κ3) is 4.38. The first-order chi connectivity index (χ1) is 9.04. The predicted molar refractivity (Wildman–Crippen MR) is 82.7 cm³/mol. The largest absolute Gasteiger partial charge is 0.301 e. The molecule has 0 saturated carbocycles. The number of anilines is 1. The highest BCUT2D eigenvalue weighted by molar-refractivity contribution is 8.00. The molecule has 19 heavy (non-hydrogen) atoms. The second-order valence-electron chi connectivity index (χ2n) is 3.69. The quantitative estimate of drug-likeness (QED) is 0.838. The lowest BCUT2D eigenvalue weighted by Crippen LogP contribution is -2.13. The normalized spacial score (nSPS) is 10.5. The average Bonchev–Trinajstić information content (AvgIpc) is 2.76. The van der Waals surface area contributed by atoms with Crippen molar-refractivity contribution in [1.82, 2.24) is 4.98 Å². The SMILES string of the molecule is Cc1cnc(NC(=O)CSc2cc(Cl)ccc2Cl)s1. The molecule has 1 heterocycles. The summed E-state index contributed by atoms with van der Waals surface area (Å²) >= 11 is 14.7. The molecule has 1 aromatic carbocycles. The Morgan fingerprint density at radius 3 is 2.95 bits per heavy atom. The second kappa shape index (κ2) is 6.61. The summed E-state index contributed by atoms with van der Waals surface area (Å²) in [6, 6.07) is 5.18. The lowest BCUT2D eigenvalue weighted by Gasteiger charge is -2.04. The average molecular weight is 333 g/mol. The van der Waals surface area contributed by atoms with Crippen molar-refractivity contribution in [3.05, 3.63) is 39.3 Å². The Morgan fingerprint density at radius 2 is 2.26 bits per heavy atom. The zero-order chi connectivity index (χ0) is 13.8. The number of halogens is 2. The highest BCUT2D eigenvalue weighted by atomic mass is 35.5. The topological polar surface area (TPSA) is 42.0 Å². The van der Waals surface area contributed by atoms with E-state index < -0.39 is 0 Å². The summed E-state index contributed by atoms with van der Waals surface area (Å²) in [5, 5.41) is 4.54. The Morgan fingerprint density at radius 1 is 1.47 bits per heavy atom. The Bertz CT molecular complexity index is 601. The fraction of sp³-hybridized carbons (Fsp3) is 0.167. The first-order valence-corrected chi connectivity index (χ1v) is 7.90. The van der Waals surface area contributed by atoms with Crippen molar-refractivity contribution < 1.29 is 4.79 Å². The van der Waals surface area contributed by atoms with Gasteiger partial charge in [-0.1, -0.05) is 23.2 Å². The van der Waals surface area contributed by atoms with Gasteiger partial charge in [0.25, 0.3) is 0 Å². The van der Waals surface area contributed by atoms with Crippen LogP contribution in [0.15, 0.2) is 29.3 Å². The van der Waals surface area contributed by atoms with Crippen LogP contribution >= 0.6 is 46.3 Å². The van der Waals surface area contributed by atoms with Crippen molar-refractivity contribution in [3.8, 4) is 0 Å². The summed E-state index contributed by atoms with van der Waals surface area (Å²) in [6.45, 7) is 1.94. The first kappa shape index (κ1) is 14.7. The van der Waals surface area contributed by atoms with Gasteiger partial charge in [0.2, 0.25) is 5.91 Å². The smallest absolute Gasteiger partial charge is 0.236 e. The fourth-order valence-electron chi connectivity index (χ4n) is 1.30. The molecule has 0 spiro atoms. The van der Waals surface area contributed by atoms with E-state index in [1.54, 1.807) is 24.4 Å². The van der Waals surface area contributed by atoms with E-state index in [-0.39, 0.29) is 11.7 Å². The van der Waals surface area contributed by atoms with Gasteiger partial charge in [0, 0.05) is 21.0 Å². The standard InChI is InChI=1S/C12H10Cl2N2OS2/c1-7-5-15-12(19-7)16-11(17)6-18-10-4-8(13)2-3-9(10)14/h2-5H,6H2,1H3,(H,15,16,17). The van der Waals surface area contributed by atoms with Gasteiger partial charge in [-0.25, -0.2) is 4.98 Å². The number of carbonyl (C=O) groups excluding carboxylic acids is 1. The van der Waals surface area contributed by atoms with Crippen LogP contribution in [0.4, 0.5) is 5.13 Å². The number of carbonyl (C=O) groups is 1. The van der Waals surface area contributed by atoms with Crippen LogP contribution in [0, 0.1) is 6.92 Å². The van der Waals surface area contributed by atoms with Gasteiger partial charge >= 0.3 is 0 Å². The van der Waals surface area contributed by atoms with Crippen LogP contribution in [-0.2, 0) is 4.79 Å². The molecule has 0 aliphatic heterocycles. The number of thiazole rings is 1. The molecule has 7 heteroatoms. The number of thioether (sulfide) groups is 1. The number of nitrogens with zero attached hydrogens (tertiary/aromatic N) is 1. The number of hydrogen-bond acceptors (Lipinski definition) is 4. The zero-order valence-corrected chi connectivity index (χ0v) is 13.1. The van der Waals surface area contributed by atoms with E-state index in [9.17, 15) is 4.79 Å². The number of rotatable bonds is 4. The maximum absolute atomic E-state index is 11.7. The Balaban J connectivity index is 1.91. The third-order valence-corrected chi connectivity index (χ3v) is 4.68. The fourth-order valence-corrected chi connectivity index (χ4v) is 3.27. The number of nitrogens with one attached hydrogen (secondary N) is 1. The maximum atomic E-state index is 11.7. The summed E-state index contributed by atoms with van der Waals surface area (Å²) < 4.78 is 0. The Kier molecular flexibility index (Phi) is 5.10. The highest BCUT2D eigenvalue weighted by Crippen LogP contribution is 2.30. The van der Waals surface area contributed by atoms with Crippen molar-refractivity contribution in [3.63, 3.8) is 0 Å². The molecule has 0 radical (unpaired) electrons. The number of aryl methyl sites for hydroxylation is 1. The van der Waals surface area contributed by atoms with Crippen LogP contribution in [0.3, 0.4) is 0 Å². The van der Waals surface area contributed by atoms with E-state index in [2.05, 4.69) is 10.3 Å². The van der Waals surface area contributed by atoms with Gasteiger partial charge in [-0.3, -0.25) is 4.79 Å². The molecule has 0 unspecified atom stereocenters. The number of aromatic nitrogens is 1. The van der Waals surface area contributed by atoms with Gasteiger partial charge in [-0.2, -0.15) is 0 Å². The number of amides is 1. The van der Waals surface area contributed by atoms with Crippen LogP contribution in [-0.4, -0.2) is 16.6 Å². The number of benzene rings is 1. The first-order valence-electron chi connectivity index (χ1n) is 5.35. The van der Waals surface area contributed by atoms with Crippen molar-refractivity contribution in [2.24, 2.45) is 0 Å². The molecule has 1 aromatic heterocycles. The molecule has 0 fully saturated rings. The summed E-state index contributed by atoms with van der Waals surface area (Å²) in [4.78, 5) is 17.7. The molecule has 1 amide bonds. The minimum Gasteiger partial charge on any atom is -0.301 e. The molecular formula is C12H10Cl2N2OS2. The van der Waals surface area contributed by atoms with Gasteiger partial charge < -0.3 is 5.32 Å². The molecule has 3 nitrogen and oxygen atoms in total. The maximum Gasteiger partial charge on any atom is 0.236 e. The molecule has 0 aliphatic rings. The summed E-state index contributed by atoms with van der Waals surface area (Å²) in [6.07, 6.45) is 1.72. The van der Waals surface area contributed by atoms with E-state index in [0.717, 1.165) is 9.77 Å². The molecule has 100 valence electrons. The lowest BCUT2D eigenvalue weighted by molar-refractivity contribution is -0.113. The van der Waals surface area contributed by atoms with Crippen molar-refractivity contribution in [1.29, 1.82) is 0 Å². The van der Waals surface area contributed by atoms with Gasteiger partial charge in [-0.05, 0) is 25.1 Å². The van der Waals surface area contributed by atoms with E-state index in [4.69, 9.17) is 23.2 Å². The molecule has 0 atom stereocenters. The van der Waals surface area contributed by atoms with E-state index in [1.165, 1.54) is 23.1 Å². The van der Waals surface area contributed by atoms with E-state index in [1.807, 2.05) is 6.92 Å². The van der Waals surface area contributed by atoms with Gasteiger partial charge in [-0.15, -0.1) is 23.1 Å². The van der Waals surface area contributed by atoms with Gasteiger partial charge in [0.1, 0.15) is 0 Å². The summed E-state index contributed by atoms with van der Waals surface area (Å²) in [5.74, 6) is 0.147. The molecule has 2 aromatic rings. The predicted octanol–water partition coefficient (Wildman–Crippen LogP) is 4.49. The van der Waals surface area contributed by atoms with Gasteiger partial charge in [0.15, 0.2) is 5.13 Å². The molecule has 0 aliphatic carbocycles. The zero-order valence-electron chi connectivity index (χ0n) is 9.94. The van der Waals surface area contributed by atoms with Crippen molar-refractivity contribution >= 4 is 57.3 Å². The van der Waals surface area contributed by atoms with Crippen LogP contribution in [0.2, 0.25) is 10.0 Å². The van der Waals surface area contributed by atoms with Crippen LogP contribution < -0.4 is 5.32 Å². The second-order valence-corrected chi connectivity index (χ2v) is 6.78. The number of hydrogen-bond donors (Lipinski definition) is 1. The summed E-state index contributed by atoms with van der Waals surface area (Å²) in [5.41, 5.74) is 0. The monoisotopic (exact) mass is 332 g/mol. The van der Waals surface area contributed by atoms with Crippen LogP contribution in [0.1, 0.15) is 4.88 Å². The minimum absolute atomic E-state index is 0.115. The lowest BCUT2D eigenvalue weighted by atomic mass is 10.4. The highest BCUT2D eigenvalue weighted by Gasteiger charge is 2.08.